The normalized spacial score (nSPS) is 10.8. The summed E-state index contributed by atoms with van der Waals surface area (Å²) in [6.07, 6.45) is 0. The van der Waals surface area contributed by atoms with Gasteiger partial charge in [-0.3, -0.25) is 4.79 Å². The van der Waals surface area contributed by atoms with Gasteiger partial charge in [0.15, 0.2) is 0 Å². The van der Waals surface area contributed by atoms with Crippen LogP contribution in [0.15, 0.2) is 64.2 Å². The number of ether oxygens (including phenoxy) is 2. The molecule has 4 aromatic rings. The van der Waals surface area contributed by atoms with Crippen molar-refractivity contribution < 1.29 is 14.3 Å². The molecule has 1 N–H and O–H groups in total. The molecule has 9 heteroatoms. The molecular weight excluding hydrogens is 394 g/mol. The average molecular weight is 409 g/mol. The van der Waals surface area contributed by atoms with E-state index in [0.29, 0.717) is 11.6 Å². The molecule has 0 saturated heterocycles. The van der Waals surface area contributed by atoms with Crippen molar-refractivity contribution in [1.29, 1.82) is 0 Å². The summed E-state index contributed by atoms with van der Waals surface area (Å²) in [6.45, 7) is 0.0457. The molecule has 2 aromatic carbocycles. The number of nitrogens with one attached hydrogen (secondary N) is 1. The molecule has 0 fully saturated rings. The quantitative estimate of drug-likeness (QED) is 0.508. The van der Waals surface area contributed by atoms with E-state index in [9.17, 15) is 14.4 Å². The van der Waals surface area contributed by atoms with Gasteiger partial charge in [0.05, 0.1) is 34.1 Å². The van der Waals surface area contributed by atoms with Crippen molar-refractivity contribution in [3.8, 4) is 11.6 Å². The predicted molar refractivity (Wildman–Crippen MR) is 108 cm³/mol. The lowest BCUT2D eigenvalue weighted by molar-refractivity contribution is 0.0477. The number of carbonyl (C=O) groups excluding carboxylic acids is 1. The van der Waals surface area contributed by atoms with Gasteiger partial charge in [-0.2, -0.15) is 4.37 Å². The number of esters is 1. The first-order chi connectivity index (χ1) is 14.1. The van der Waals surface area contributed by atoms with Crippen molar-refractivity contribution in [3.05, 3.63) is 85.9 Å². The molecule has 8 nitrogen and oxygen atoms in total. The van der Waals surface area contributed by atoms with E-state index in [2.05, 4.69) is 9.36 Å². The van der Waals surface area contributed by atoms with Crippen LogP contribution in [0, 0.1) is 0 Å². The third-order valence-corrected chi connectivity index (χ3v) is 4.98. The van der Waals surface area contributed by atoms with Gasteiger partial charge < -0.3 is 14.5 Å². The molecular formula is C20H15N3O5S. The van der Waals surface area contributed by atoms with E-state index in [1.807, 2.05) is 0 Å². The molecule has 2 heterocycles. The Kier molecular flexibility index (Phi) is 4.96. The van der Waals surface area contributed by atoms with E-state index in [4.69, 9.17) is 9.47 Å². The number of nitrogens with zero attached hydrogens (tertiary/aromatic N) is 2. The number of para-hydroxylation sites is 1. The summed E-state index contributed by atoms with van der Waals surface area (Å²) < 4.78 is 15.4. The van der Waals surface area contributed by atoms with E-state index in [1.54, 1.807) is 36.4 Å². The number of H-pyrrole nitrogens is 1. The lowest BCUT2D eigenvalue weighted by Crippen LogP contribution is -2.33. The number of aromatic nitrogens is 3. The van der Waals surface area contributed by atoms with Crippen LogP contribution in [0.1, 0.15) is 15.2 Å². The molecule has 0 spiro atoms. The number of hydrogen-bond donors (Lipinski definition) is 1. The first-order valence-electron chi connectivity index (χ1n) is 8.58. The van der Waals surface area contributed by atoms with Gasteiger partial charge in [-0.25, -0.2) is 14.2 Å². The minimum absolute atomic E-state index is 0.0457. The summed E-state index contributed by atoms with van der Waals surface area (Å²) in [6, 6.07) is 14.7. The van der Waals surface area contributed by atoms with Gasteiger partial charge in [0, 0.05) is 6.07 Å². The lowest BCUT2D eigenvalue weighted by atomic mass is 10.1. The molecule has 0 atom stereocenters. The largest absolute Gasteiger partial charge is 0.480 e. The summed E-state index contributed by atoms with van der Waals surface area (Å²) in [7, 11) is 1.51. The van der Waals surface area contributed by atoms with Crippen LogP contribution in [-0.2, 0) is 11.3 Å². The molecule has 0 saturated carbocycles. The number of fused-ring (bicyclic) bond motifs is 1. The van der Waals surface area contributed by atoms with Crippen LogP contribution in [0.5, 0.6) is 5.88 Å². The SMILES string of the molecule is COc1cc(COC(=O)c2ccc3c(=O)n(-c4ccccc4)c(=O)[nH]c3c2)sn1. The van der Waals surface area contributed by atoms with E-state index >= 15 is 0 Å². The molecule has 146 valence electrons. The summed E-state index contributed by atoms with van der Waals surface area (Å²) in [5, 5.41) is 0.289. The van der Waals surface area contributed by atoms with Gasteiger partial charge in [0.25, 0.3) is 5.56 Å². The monoisotopic (exact) mass is 409 g/mol. The van der Waals surface area contributed by atoms with Crippen LogP contribution in [0.3, 0.4) is 0 Å². The number of benzene rings is 2. The van der Waals surface area contributed by atoms with Gasteiger partial charge in [-0.1, -0.05) is 18.2 Å². The van der Waals surface area contributed by atoms with E-state index in [0.717, 1.165) is 9.44 Å². The van der Waals surface area contributed by atoms with Crippen molar-refractivity contribution in [2.75, 3.05) is 7.11 Å². The van der Waals surface area contributed by atoms with Crippen molar-refractivity contribution in [2.45, 2.75) is 6.61 Å². The standard InChI is InChI=1S/C20H15N3O5S/c1-27-17-10-14(29-22-17)11-28-19(25)12-7-8-15-16(9-12)21-20(26)23(18(15)24)13-5-3-2-4-6-13/h2-10H,11H2,1H3,(H,21,26). The van der Waals surface area contributed by atoms with Crippen LogP contribution in [0.4, 0.5) is 0 Å². The Bertz CT molecular complexity index is 1310. The van der Waals surface area contributed by atoms with Gasteiger partial charge in [-0.05, 0) is 41.9 Å². The highest BCUT2D eigenvalue weighted by Crippen LogP contribution is 2.18. The Morgan fingerprint density at radius 1 is 1.14 bits per heavy atom. The molecule has 0 amide bonds. The summed E-state index contributed by atoms with van der Waals surface area (Å²) in [5.41, 5.74) is -0.103. The van der Waals surface area contributed by atoms with E-state index < -0.39 is 17.2 Å². The van der Waals surface area contributed by atoms with Crippen molar-refractivity contribution in [1.82, 2.24) is 13.9 Å². The maximum Gasteiger partial charge on any atom is 0.338 e. The fourth-order valence-electron chi connectivity index (χ4n) is 2.83. The number of methoxy groups -OCH3 is 1. The first-order valence-corrected chi connectivity index (χ1v) is 9.35. The minimum atomic E-state index is -0.587. The molecule has 0 aliphatic rings. The molecule has 4 rings (SSSR count). The lowest BCUT2D eigenvalue weighted by Gasteiger charge is -2.08. The zero-order chi connectivity index (χ0) is 20.4. The van der Waals surface area contributed by atoms with Crippen molar-refractivity contribution >= 4 is 28.4 Å². The highest BCUT2D eigenvalue weighted by atomic mass is 32.1. The summed E-state index contributed by atoms with van der Waals surface area (Å²) >= 11 is 1.17. The van der Waals surface area contributed by atoms with Crippen LogP contribution in [0.2, 0.25) is 0 Å². The molecule has 0 unspecified atom stereocenters. The topological polar surface area (TPSA) is 103 Å². The number of aromatic amines is 1. The third kappa shape index (κ3) is 3.67. The first kappa shape index (κ1) is 18.6. The molecule has 2 aromatic heterocycles. The van der Waals surface area contributed by atoms with Gasteiger partial charge in [-0.15, -0.1) is 0 Å². The maximum absolute atomic E-state index is 12.8. The fourth-order valence-corrected chi connectivity index (χ4v) is 3.43. The predicted octanol–water partition coefficient (Wildman–Crippen LogP) is 2.50. The molecule has 29 heavy (non-hydrogen) atoms. The average Bonchev–Trinajstić information content (AvgIpc) is 3.20. The smallest absolute Gasteiger partial charge is 0.338 e. The van der Waals surface area contributed by atoms with E-state index in [1.165, 1.54) is 36.8 Å². The zero-order valence-electron chi connectivity index (χ0n) is 15.2. The van der Waals surface area contributed by atoms with Crippen LogP contribution < -0.4 is 16.0 Å². The number of carbonyl (C=O) groups is 1. The third-order valence-electron chi connectivity index (χ3n) is 4.24. The second kappa shape index (κ2) is 7.72. The van der Waals surface area contributed by atoms with Crippen molar-refractivity contribution in [3.63, 3.8) is 0 Å². The fraction of sp³-hybridized carbons (Fsp3) is 0.100. The Hall–Kier alpha value is -3.72. The molecule has 0 bridgehead atoms. The molecule has 0 aliphatic heterocycles. The van der Waals surface area contributed by atoms with Crippen LogP contribution >= 0.6 is 11.5 Å². The Morgan fingerprint density at radius 3 is 2.66 bits per heavy atom. The number of hydrogen-bond acceptors (Lipinski definition) is 7. The van der Waals surface area contributed by atoms with E-state index in [-0.39, 0.29) is 23.1 Å². The van der Waals surface area contributed by atoms with Gasteiger partial charge >= 0.3 is 11.7 Å². The maximum atomic E-state index is 12.8. The zero-order valence-corrected chi connectivity index (χ0v) is 16.1. The number of rotatable bonds is 5. The summed E-state index contributed by atoms with van der Waals surface area (Å²) in [4.78, 5) is 41.0. The van der Waals surface area contributed by atoms with Crippen molar-refractivity contribution in [2.24, 2.45) is 0 Å². The Labute approximate surface area is 168 Å². The molecule has 0 aliphatic carbocycles. The highest BCUT2D eigenvalue weighted by Gasteiger charge is 2.14. The second-order valence-corrected chi connectivity index (χ2v) is 6.97. The molecule has 0 radical (unpaired) electrons. The summed E-state index contributed by atoms with van der Waals surface area (Å²) in [5.74, 6) is -0.119. The van der Waals surface area contributed by atoms with Crippen LogP contribution in [-0.4, -0.2) is 27.0 Å². The Balaban J connectivity index is 1.63. The highest BCUT2D eigenvalue weighted by molar-refractivity contribution is 7.05. The Morgan fingerprint density at radius 2 is 1.93 bits per heavy atom. The van der Waals surface area contributed by atoms with Gasteiger partial charge in [0.1, 0.15) is 6.61 Å². The minimum Gasteiger partial charge on any atom is -0.480 e. The van der Waals surface area contributed by atoms with Gasteiger partial charge in [0.2, 0.25) is 5.88 Å². The second-order valence-electron chi connectivity index (χ2n) is 6.08. The van der Waals surface area contributed by atoms with Crippen LogP contribution in [0.25, 0.3) is 16.6 Å².